The quantitative estimate of drug-likeness (QED) is 0.663. The number of phenols is 1. The lowest BCUT2D eigenvalue weighted by Gasteiger charge is -2.23. The Morgan fingerprint density at radius 2 is 1.88 bits per heavy atom. The lowest BCUT2D eigenvalue weighted by Crippen LogP contribution is -3.14. The molecule has 7 heteroatoms. The van der Waals surface area contributed by atoms with Crippen LogP contribution in [-0.2, 0) is 11.8 Å². The second kappa shape index (κ2) is 7.65. The van der Waals surface area contributed by atoms with E-state index in [0.717, 1.165) is 54.5 Å². The summed E-state index contributed by atoms with van der Waals surface area (Å²) in [5.74, 6) is 1.91. The van der Waals surface area contributed by atoms with Crippen LogP contribution in [0.5, 0.6) is 5.75 Å². The number of hydrogen-bond donors (Lipinski definition) is 2. The van der Waals surface area contributed by atoms with Crippen LogP contribution >= 0.6 is 11.8 Å². The Kier molecular flexibility index (Phi) is 5.10. The normalized spacial score (nSPS) is 15.6. The number of morpholine rings is 1. The molecule has 1 aliphatic heterocycles. The number of phenolic OH excluding ortho intramolecular Hbond substituents is 1. The van der Waals surface area contributed by atoms with E-state index in [1.54, 1.807) is 22.7 Å². The number of aromatic nitrogens is 3. The molecule has 0 unspecified atom stereocenters. The van der Waals surface area contributed by atoms with Crippen LogP contribution in [0.2, 0.25) is 0 Å². The topological polar surface area (TPSA) is 64.6 Å². The van der Waals surface area contributed by atoms with Gasteiger partial charge in [0.25, 0.3) is 0 Å². The zero-order chi connectivity index (χ0) is 17.9. The van der Waals surface area contributed by atoms with Gasteiger partial charge in [0, 0.05) is 7.05 Å². The van der Waals surface area contributed by atoms with Crippen LogP contribution in [0.3, 0.4) is 0 Å². The molecule has 3 aromatic rings. The Hall–Kier alpha value is -2.09. The van der Waals surface area contributed by atoms with Crippen LogP contribution in [0.1, 0.15) is 0 Å². The van der Waals surface area contributed by atoms with Gasteiger partial charge in [-0.05, 0) is 22.9 Å². The van der Waals surface area contributed by atoms with Crippen LogP contribution < -0.4 is 4.90 Å². The lowest BCUT2D eigenvalue weighted by atomic mass is 10.1. The second-order valence-electron chi connectivity index (χ2n) is 6.54. The molecule has 2 aromatic carbocycles. The molecule has 1 aliphatic rings. The van der Waals surface area contributed by atoms with Crippen LogP contribution in [0, 0.1) is 0 Å². The number of thioether (sulfide) groups is 1. The highest BCUT2D eigenvalue weighted by Gasteiger charge is 2.17. The summed E-state index contributed by atoms with van der Waals surface area (Å²) in [4.78, 5) is 1.58. The molecule has 0 aliphatic carbocycles. The first-order chi connectivity index (χ1) is 12.7. The number of ether oxygens (including phenoxy) is 1. The Balaban J connectivity index is 1.51. The summed E-state index contributed by atoms with van der Waals surface area (Å²) < 4.78 is 7.36. The molecular formula is C19H23N4O2S+. The fourth-order valence-corrected chi connectivity index (χ4v) is 4.23. The highest BCUT2D eigenvalue weighted by molar-refractivity contribution is 7.99. The molecule has 0 atom stereocenters. The van der Waals surface area contributed by atoms with Gasteiger partial charge in [0.2, 0.25) is 0 Å². The molecule has 0 saturated carbocycles. The zero-order valence-electron chi connectivity index (χ0n) is 14.8. The van der Waals surface area contributed by atoms with Crippen molar-refractivity contribution in [1.29, 1.82) is 0 Å². The third-order valence-electron chi connectivity index (χ3n) is 4.83. The van der Waals surface area contributed by atoms with Crippen molar-refractivity contribution >= 4 is 22.5 Å². The summed E-state index contributed by atoms with van der Waals surface area (Å²) in [6.45, 7) is 4.97. The maximum absolute atomic E-state index is 10.4. The molecule has 1 aromatic heterocycles. The van der Waals surface area contributed by atoms with Crippen molar-refractivity contribution in [2.24, 2.45) is 7.05 Å². The van der Waals surface area contributed by atoms with E-state index in [2.05, 4.69) is 10.2 Å². The second-order valence-corrected chi connectivity index (χ2v) is 7.60. The first kappa shape index (κ1) is 17.3. The molecule has 0 amide bonds. The number of hydrogen-bond acceptors (Lipinski definition) is 5. The van der Waals surface area contributed by atoms with Crippen LogP contribution in [0.25, 0.3) is 22.2 Å². The van der Waals surface area contributed by atoms with Gasteiger partial charge in [-0.2, -0.15) is 0 Å². The number of aromatic hydroxyl groups is 1. The van der Waals surface area contributed by atoms with E-state index in [0.29, 0.717) is 11.4 Å². The van der Waals surface area contributed by atoms with Crippen molar-refractivity contribution in [3.8, 4) is 17.1 Å². The van der Waals surface area contributed by atoms with Gasteiger partial charge in [0.05, 0.1) is 31.1 Å². The summed E-state index contributed by atoms with van der Waals surface area (Å²) in [6.07, 6.45) is 0. The van der Waals surface area contributed by atoms with Crippen molar-refractivity contribution in [2.75, 3.05) is 38.6 Å². The van der Waals surface area contributed by atoms with Gasteiger partial charge in [-0.3, -0.25) is 0 Å². The van der Waals surface area contributed by atoms with Crippen LogP contribution in [0.4, 0.5) is 0 Å². The molecule has 2 heterocycles. The van der Waals surface area contributed by atoms with E-state index >= 15 is 0 Å². The van der Waals surface area contributed by atoms with Crippen LogP contribution in [-0.4, -0.2) is 58.5 Å². The molecule has 0 spiro atoms. The summed E-state index contributed by atoms with van der Waals surface area (Å²) in [6, 6.07) is 11.7. The summed E-state index contributed by atoms with van der Waals surface area (Å²) in [5.41, 5.74) is 0.712. The Morgan fingerprint density at radius 1 is 1.15 bits per heavy atom. The largest absolute Gasteiger partial charge is 0.507 e. The molecule has 0 bridgehead atoms. The highest BCUT2D eigenvalue weighted by atomic mass is 32.2. The zero-order valence-corrected chi connectivity index (χ0v) is 15.6. The van der Waals surface area contributed by atoms with Crippen LogP contribution in [0.15, 0.2) is 41.6 Å². The molecule has 6 nitrogen and oxygen atoms in total. The number of nitrogens with zero attached hydrogens (tertiary/aromatic N) is 3. The van der Waals surface area contributed by atoms with E-state index in [4.69, 9.17) is 4.74 Å². The SMILES string of the molecule is Cn1c(SCC[NH+]2CCOCC2)nnc1-c1cc2ccccc2cc1O. The lowest BCUT2D eigenvalue weighted by molar-refractivity contribution is -0.905. The van der Waals surface area contributed by atoms with E-state index in [1.165, 1.54) is 0 Å². The average molecular weight is 371 g/mol. The van der Waals surface area contributed by atoms with E-state index in [-0.39, 0.29) is 5.75 Å². The predicted molar refractivity (Wildman–Crippen MR) is 103 cm³/mol. The Labute approximate surface area is 156 Å². The van der Waals surface area contributed by atoms with Crippen molar-refractivity contribution in [3.05, 3.63) is 36.4 Å². The van der Waals surface area contributed by atoms with Gasteiger partial charge in [-0.25, -0.2) is 0 Å². The smallest absolute Gasteiger partial charge is 0.191 e. The molecule has 4 rings (SSSR count). The number of rotatable bonds is 5. The van der Waals surface area contributed by atoms with Gasteiger partial charge < -0.3 is 19.3 Å². The summed E-state index contributed by atoms with van der Waals surface area (Å²) in [7, 11) is 1.95. The highest BCUT2D eigenvalue weighted by Crippen LogP contribution is 2.33. The molecule has 1 fully saturated rings. The Morgan fingerprint density at radius 3 is 2.65 bits per heavy atom. The molecule has 136 valence electrons. The predicted octanol–water partition coefficient (Wildman–Crippen LogP) is 1.35. The van der Waals surface area contributed by atoms with Crippen molar-refractivity contribution in [3.63, 3.8) is 0 Å². The minimum absolute atomic E-state index is 0.230. The molecule has 1 saturated heterocycles. The first-order valence-electron chi connectivity index (χ1n) is 8.88. The minimum atomic E-state index is 0.230. The summed E-state index contributed by atoms with van der Waals surface area (Å²) in [5, 5.41) is 22.1. The Bertz CT molecular complexity index is 906. The molecule has 2 N–H and O–H groups in total. The van der Waals surface area contributed by atoms with Gasteiger partial charge in [-0.15, -0.1) is 10.2 Å². The third kappa shape index (κ3) is 3.56. The summed E-state index contributed by atoms with van der Waals surface area (Å²) >= 11 is 1.71. The molecule has 0 radical (unpaired) electrons. The van der Waals surface area contributed by atoms with Gasteiger partial charge in [0.15, 0.2) is 11.0 Å². The van der Waals surface area contributed by atoms with Crippen molar-refractivity contribution in [2.45, 2.75) is 5.16 Å². The number of nitrogens with one attached hydrogen (secondary N) is 1. The fraction of sp³-hybridized carbons (Fsp3) is 0.368. The van der Waals surface area contributed by atoms with Gasteiger partial charge >= 0.3 is 0 Å². The van der Waals surface area contributed by atoms with E-state index in [1.807, 2.05) is 41.9 Å². The molecule has 26 heavy (non-hydrogen) atoms. The molecular weight excluding hydrogens is 348 g/mol. The van der Waals surface area contributed by atoms with E-state index < -0.39 is 0 Å². The first-order valence-corrected chi connectivity index (χ1v) is 9.86. The van der Waals surface area contributed by atoms with Crippen molar-refractivity contribution in [1.82, 2.24) is 14.8 Å². The number of benzene rings is 2. The monoisotopic (exact) mass is 371 g/mol. The van der Waals surface area contributed by atoms with E-state index in [9.17, 15) is 5.11 Å². The maximum Gasteiger partial charge on any atom is 0.191 e. The van der Waals surface area contributed by atoms with Gasteiger partial charge in [-0.1, -0.05) is 36.0 Å². The maximum atomic E-state index is 10.4. The van der Waals surface area contributed by atoms with Gasteiger partial charge in [0.1, 0.15) is 18.8 Å². The van der Waals surface area contributed by atoms with Crippen molar-refractivity contribution < 1.29 is 14.7 Å². The number of fused-ring (bicyclic) bond motifs is 1. The standard InChI is InChI=1S/C19H22N4O2S/c1-22-18(16-12-14-4-2-3-5-15(14)13-17(16)24)20-21-19(22)26-11-8-23-6-9-25-10-7-23/h2-5,12-13,24H,6-11H2,1H3/p+1. The average Bonchev–Trinajstić information content (AvgIpc) is 3.02. The number of quaternary nitrogens is 1. The minimum Gasteiger partial charge on any atom is -0.507 e. The fourth-order valence-electron chi connectivity index (χ4n) is 3.28. The third-order valence-corrected chi connectivity index (χ3v) is 5.85.